The lowest BCUT2D eigenvalue weighted by Crippen LogP contribution is -2.26. The van der Waals surface area contributed by atoms with Gasteiger partial charge in [0, 0.05) is 0 Å². The Kier molecular flexibility index (Phi) is 4.51. The van der Waals surface area contributed by atoms with Gasteiger partial charge in [-0.15, -0.1) is 0 Å². The second-order valence-corrected chi connectivity index (χ2v) is 3.56. The smallest absolute Gasteiger partial charge is 0.344 e. The fourth-order valence-electron chi connectivity index (χ4n) is 1.34. The molecule has 0 aliphatic heterocycles. The van der Waals surface area contributed by atoms with E-state index in [1.807, 2.05) is 6.92 Å². The first-order valence-corrected chi connectivity index (χ1v) is 5.27. The molecule has 0 spiro atoms. The molecule has 0 amide bonds. The van der Waals surface area contributed by atoms with Gasteiger partial charge in [0.05, 0.1) is 5.56 Å². The zero-order valence-electron chi connectivity index (χ0n) is 9.42. The molecule has 1 unspecified atom stereocenters. The second kappa shape index (κ2) is 5.89. The summed E-state index contributed by atoms with van der Waals surface area (Å²) < 4.78 is 5.26. The van der Waals surface area contributed by atoms with Gasteiger partial charge in [0.15, 0.2) is 6.10 Å². The number of hydrogen-bond donors (Lipinski definition) is 2. The van der Waals surface area contributed by atoms with Crippen molar-refractivity contribution in [2.45, 2.75) is 25.9 Å². The molecule has 0 aliphatic rings. The van der Waals surface area contributed by atoms with Crippen LogP contribution in [-0.4, -0.2) is 28.3 Å². The molecule has 92 valence electrons. The van der Waals surface area contributed by atoms with Gasteiger partial charge in [-0.25, -0.2) is 9.59 Å². The molecule has 0 saturated carbocycles. The Morgan fingerprint density at radius 1 is 1.24 bits per heavy atom. The maximum atomic E-state index is 10.8. The summed E-state index contributed by atoms with van der Waals surface area (Å²) in [5.41, 5.74) is 0.139. The average Bonchev–Trinajstić information content (AvgIpc) is 2.29. The molecule has 0 aliphatic carbocycles. The van der Waals surface area contributed by atoms with Crippen LogP contribution in [0.2, 0.25) is 0 Å². The van der Waals surface area contributed by atoms with Gasteiger partial charge in [0.2, 0.25) is 0 Å². The molecule has 0 fully saturated rings. The first-order chi connectivity index (χ1) is 8.04. The van der Waals surface area contributed by atoms with Crippen molar-refractivity contribution in [1.29, 1.82) is 0 Å². The summed E-state index contributed by atoms with van der Waals surface area (Å²) in [6.45, 7) is 1.87. The average molecular weight is 238 g/mol. The van der Waals surface area contributed by atoms with Gasteiger partial charge in [0.25, 0.3) is 0 Å². The third-order valence-corrected chi connectivity index (χ3v) is 2.21. The lowest BCUT2D eigenvalue weighted by molar-refractivity contribution is -0.145. The number of ether oxygens (including phenoxy) is 1. The van der Waals surface area contributed by atoms with Gasteiger partial charge >= 0.3 is 11.9 Å². The Bertz CT molecular complexity index is 396. The van der Waals surface area contributed by atoms with Crippen LogP contribution in [0, 0.1) is 0 Å². The molecule has 5 nitrogen and oxygen atoms in total. The predicted molar refractivity (Wildman–Crippen MR) is 60.4 cm³/mol. The first kappa shape index (κ1) is 13.0. The van der Waals surface area contributed by atoms with Crippen molar-refractivity contribution in [2.75, 3.05) is 0 Å². The van der Waals surface area contributed by atoms with Gasteiger partial charge in [-0.2, -0.15) is 0 Å². The maximum Gasteiger partial charge on any atom is 0.344 e. The van der Waals surface area contributed by atoms with Crippen LogP contribution < -0.4 is 4.74 Å². The van der Waals surface area contributed by atoms with Crippen LogP contribution in [0.15, 0.2) is 24.3 Å². The molecule has 1 aromatic carbocycles. The van der Waals surface area contributed by atoms with Gasteiger partial charge in [-0.3, -0.25) is 0 Å². The van der Waals surface area contributed by atoms with Gasteiger partial charge in [-0.1, -0.05) is 13.3 Å². The monoisotopic (exact) mass is 238 g/mol. The van der Waals surface area contributed by atoms with E-state index in [2.05, 4.69) is 0 Å². The Morgan fingerprint density at radius 2 is 1.82 bits per heavy atom. The van der Waals surface area contributed by atoms with Crippen LogP contribution in [0.25, 0.3) is 0 Å². The summed E-state index contributed by atoms with van der Waals surface area (Å²) in [6, 6.07) is 5.66. The van der Waals surface area contributed by atoms with Crippen molar-refractivity contribution in [2.24, 2.45) is 0 Å². The number of aromatic carboxylic acids is 1. The summed E-state index contributed by atoms with van der Waals surface area (Å²) in [7, 11) is 0. The minimum absolute atomic E-state index is 0.139. The molecular weight excluding hydrogens is 224 g/mol. The summed E-state index contributed by atoms with van der Waals surface area (Å²) in [5.74, 6) is -1.69. The number of hydrogen-bond acceptors (Lipinski definition) is 3. The number of carboxylic acid groups (broad SMARTS) is 2. The van der Waals surface area contributed by atoms with Gasteiger partial charge in [0.1, 0.15) is 5.75 Å². The molecule has 0 saturated heterocycles. The Hall–Kier alpha value is -2.04. The topological polar surface area (TPSA) is 83.8 Å². The molecular formula is C12H14O5. The van der Waals surface area contributed by atoms with E-state index < -0.39 is 18.0 Å². The summed E-state index contributed by atoms with van der Waals surface area (Å²) >= 11 is 0. The number of carboxylic acids is 2. The molecule has 0 bridgehead atoms. The third-order valence-electron chi connectivity index (χ3n) is 2.21. The number of carbonyl (C=O) groups is 2. The molecule has 5 heteroatoms. The highest BCUT2D eigenvalue weighted by Gasteiger charge is 2.18. The quantitative estimate of drug-likeness (QED) is 0.792. The molecule has 1 aromatic rings. The zero-order valence-corrected chi connectivity index (χ0v) is 9.42. The van der Waals surface area contributed by atoms with Gasteiger partial charge in [-0.05, 0) is 30.7 Å². The van der Waals surface area contributed by atoms with Crippen molar-refractivity contribution in [3.05, 3.63) is 29.8 Å². The molecule has 0 heterocycles. The number of benzene rings is 1. The molecule has 1 atom stereocenters. The van der Waals surface area contributed by atoms with Crippen LogP contribution in [-0.2, 0) is 4.79 Å². The minimum atomic E-state index is -1.03. The Morgan fingerprint density at radius 3 is 2.24 bits per heavy atom. The highest BCUT2D eigenvalue weighted by atomic mass is 16.5. The SMILES string of the molecule is CCCC(Oc1ccc(C(=O)O)cc1)C(=O)O. The largest absolute Gasteiger partial charge is 0.479 e. The van der Waals surface area contributed by atoms with Crippen LogP contribution >= 0.6 is 0 Å². The number of aliphatic carboxylic acids is 1. The molecule has 17 heavy (non-hydrogen) atoms. The van der Waals surface area contributed by atoms with Crippen molar-refractivity contribution < 1.29 is 24.5 Å². The van der Waals surface area contributed by atoms with E-state index in [4.69, 9.17) is 14.9 Å². The lowest BCUT2D eigenvalue weighted by atomic mass is 10.2. The van der Waals surface area contributed by atoms with E-state index in [1.165, 1.54) is 24.3 Å². The molecule has 2 N–H and O–H groups in total. The van der Waals surface area contributed by atoms with E-state index in [0.717, 1.165) is 0 Å². The van der Waals surface area contributed by atoms with E-state index in [-0.39, 0.29) is 5.56 Å². The van der Waals surface area contributed by atoms with Gasteiger partial charge < -0.3 is 14.9 Å². The van der Waals surface area contributed by atoms with E-state index >= 15 is 0 Å². The van der Waals surface area contributed by atoms with Crippen molar-refractivity contribution >= 4 is 11.9 Å². The molecule has 0 aromatic heterocycles. The second-order valence-electron chi connectivity index (χ2n) is 3.56. The number of rotatable bonds is 6. The van der Waals surface area contributed by atoms with Crippen molar-refractivity contribution in [3.8, 4) is 5.75 Å². The van der Waals surface area contributed by atoms with Crippen molar-refractivity contribution in [1.82, 2.24) is 0 Å². The Balaban J connectivity index is 2.73. The highest BCUT2D eigenvalue weighted by Crippen LogP contribution is 2.15. The molecule has 0 radical (unpaired) electrons. The zero-order chi connectivity index (χ0) is 12.8. The fraction of sp³-hybridized carbons (Fsp3) is 0.333. The standard InChI is InChI=1S/C12H14O5/c1-2-3-10(12(15)16)17-9-6-4-8(5-7-9)11(13)14/h4-7,10H,2-3H2,1H3,(H,13,14)(H,15,16). The van der Waals surface area contributed by atoms with Crippen LogP contribution in [0.5, 0.6) is 5.75 Å². The van der Waals surface area contributed by atoms with Crippen LogP contribution in [0.1, 0.15) is 30.1 Å². The Labute approximate surface area is 98.6 Å². The lowest BCUT2D eigenvalue weighted by Gasteiger charge is -2.14. The predicted octanol–water partition coefficient (Wildman–Crippen LogP) is 2.02. The van der Waals surface area contributed by atoms with Crippen LogP contribution in [0.3, 0.4) is 0 Å². The van der Waals surface area contributed by atoms with E-state index in [0.29, 0.717) is 18.6 Å². The van der Waals surface area contributed by atoms with E-state index in [1.54, 1.807) is 0 Å². The maximum absolute atomic E-state index is 10.8. The first-order valence-electron chi connectivity index (χ1n) is 5.27. The van der Waals surface area contributed by atoms with E-state index in [9.17, 15) is 9.59 Å². The van der Waals surface area contributed by atoms with Crippen LogP contribution in [0.4, 0.5) is 0 Å². The fourth-order valence-corrected chi connectivity index (χ4v) is 1.34. The summed E-state index contributed by atoms with van der Waals surface area (Å²) in [5, 5.41) is 17.6. The normalized spacial score (nSPS) is 11.8. The summed E-state index contributed by atoms with van der Waals surface area (Å²) in [4.78, 5) is 21.5. The summed E-state index contributed by atoms with van der Waals surface area (Å²) in [6.07, 6.45) is 0.218. The minimum Gasteiger partial charge on any atom is -0.479 e. The third kappa shape index (κ3) is 3.79. The van der Waals surface area contributed by atoms with Crippen molar-refractivity contribution in [3.63, 3.8) is 0 Å². The highest BCUT2D eigenvalue weighted by molar-refractivity contribution is 5.87. The molecule has 1 rings (SSSR count).